The van der Waals surface area contributed by atoms with Gasteiger partial charge in [-0.25, -0.2) is 0 Å². The maximum atomic E-state index is 5.67. The Bertz CT molecular complexity index is 60.0. The quantitative estimate of drug-likeness (QED) is 0.406. The van der Waals surface area contributed by atoms with Crippen LogP contribution < -0.4 is 0 Å². The molecule has 0 nitrogen and oxygen atoms in total. The molecule has 0 N–H and O–H groups in total. The third kappa shape index (κ3) is 9.15. The van der Waals surface area contributed by atoms with Gasteiger partial charge < -0.3 is 0 Å². The van der Waals surface area contributed by atoms with Gasteiger partial charge in [0.05, 0.1) is 0 Å². The fraction of sp³-hybridized carbons (Fsp3) is 1.00. The molecule has 0 heterocycles. The van der Waals surface area contributed by atoms with Gasteiger partial charge in [0.2, 0.25) is 7.42 Å². The minimum Gasteiger partial charge on any atom is -0.259 e. The largest absolute Gasteiger partial charge is 0.259 e. The van der Waals surface area contributed by atoms with Crippen molar-refractivity contribution in [3.05, 3.63) is 0 Å². The predicted molar refractivity (Wildman–Crippen MR) is 54.0 cm³/mol. The second kappa shape index (κ2) is 5.90. The maximum Gasteiger partial charge on any atom is 0.237 e. The standard InChI is InChI=1S/C5H14Cl2SSi/c1-8(2)4-3-5-9(6)7/h8-9H,3-5H2,1-2H3. The van der Waals surface area contributed by atoms with Gasteiger partial charge in [0.15, 0.2) is 0 Å². The lowest BCUT2D eigenvalue weighted by molar-refractivity contribution is 1.09. The molecule has 4 heteroatoms. The van der Waals surface area contributed by atoms with Crippen molar-refractivity contribution < 1.29 is 0 Å². The van der Waals surface area contributed by atoms with Crippen LogP contribution in [0.3, 0.4) is 0 Å². The normalized spacial score (nSPS) is 12.3. The Morgan fingerprint density at radius 2 is 1.89 bits per heavy atom. The number of hydrogen-bond donors (Lipinski definition) is 1. The van der Waals surface area contributed by atoms with Crippen molar-refractivity contribution in [2.24, 2.45) is 0 Å². The van der Waals surface area contributed by atoms with Crippen LogP contribution in [-0.4, -0.2) is 25.7 Å². The van der Waals surface area contributed by atoms with Crippen LogP contribution >= 0.6 is 33.1 Å². The molecule has 0 aliphatic carbocycles. The summed E-state index contributed by atoms with van der Waals surface area (Å²) in [7, 11) is -1.00. The lowest BCUT2D eigenvalue weighted by Crippen LogP contribution is -1.94. The van der Waals surface area contributed by atoms with E-state index in [1.807, 2.05) is 0 Å². The first-order valence-electron chi connectivity index (χ1n) is 3.06. The molecule has 58 valence electrons. The summed E-state index contributed by atoms with van der Waals surface area (Å²) in [6.45, 7) is 0. The van der Waals surface area contributed by atoms with Crippen LogP contribution in [0.2, 0.25) is 6.04 Å². The van der Waals surface area contributed by atoms with Crippen molar-refractivity contribution in [2.45, 2.75) is 12.5 Å². The van der Waals surface area contributed by atoms with Crippen molar-refractivity contribution in [3.8, 4) is 0 Å². The molecule has 0 atom stereocenters. The van der Waals surface area contributed by atoms with Gasteiger partial charge in [-0.3, -0.25) is 10.9 Å². The second-order valence-corrected chi connectivity index (χ2v) is 10.1. The Balaban J connectivity index is 2.91. The first-order valence-corrected chi connectivity index (χ1v) is 9.78. The molecule has 0 aromatic heterocycles. The zero-order valence-corrected chi connectivity index (χ0v) is 9.46. The molecule has 0 radical (unpaired) electrons. The molecule has 9 heavy (non-hydrogen) atoms. The highest BCUT2D eigenvalue weighted by Crippen LogP contribution is 2.17. The van der Waals surface area contributed by atoms with E-state index < -0.39 is 7.42 Å². The molecule has 0 aromatic carbocycles. The summed E-state index contributed by atoms with van der Waals surface area (Å²) >= 11 is 11.3. The number of hydrogen-bond acceptors (Lipinski definition) is 0. The summed E-state index contributed by atoms with van der Waals surface area (Å²) in [5.41, 5.74) is 0. The Morgan fingerprint density at radius 3 is 2.22 bits per heavy atom. The number of rotatable bonds is 4. The van der Waals surface area contributed by atoms with Gasteiger partial charge in [-0.15, -0.1) is 0 Å². The zero-order chi connectivity index (χ0) is 7.28. The SMILES string of the molecule is C[SH](C)CCC[SiH](Cl)Cl. The Kier molecular flexibility index (Phi) is 6.65. The lowest BCUT2D eigenvalue weighted by atomic mass is 10.6. The molecule has 0 saturated carbocycles. The van der Waals surface area contributed by atoms with Crippen LogP contribution in [0.4, 0.5) is 0 Å². The van der Waals surface area contributed by atoms with Gasteiger partial charge >= 0.3 is 0 Å². The number of thiol groups is 1. The van der Waals surface area contributed by atoms with Crippen molar-refractivity contribution in [2.75, 3.05) is 18.3 Å². The van der Waals surface area contributed by atoms with Gasteiger partial charge in [-0.2, -0.15) is 22.2 Å². The third-order valence-corrected chi connectivity index (χ3v) is 4.39. The molecule has 0 bridgehead atoms. The summed E-state index contributed by atoms with van der Waals surface area (Å²) in [5.74, 6) is 1.33. The summed E-state index contributed by atoms with van der Waals surface area (Å²) in [5, 5.41) is 0. The fourth-order valence-electron chi connectivity index (χ4n) is 0.562. The molecule has 0 aromatic rings. The molecular weight excluding hydrogens is 191 g/mol. The molecule has 0 fully saturated rings. The molecule has 0 aliphatic rings. The van der Waals surface area contributed by atoms with Crippen LogP contribution in [-0.2, 0) is 0 Å². The highest BCUT2D eigenvalue weighted by Gasteiger charge is 2.00. The molecule has 0 saturated heterocycles. The van der Waals surface area contributed by atoms with E-state index in [2.05, 4.69) is 12.5 Å². The number of halogens is 2. The Hall–Kier alpha value is 1.15. The average molecular weight is 205 g/mol. The molecule has 0 aliphatic heterocycles. The topological polar surface area (TPSA) is 0 Å². The fourth-order valence-corrected chi connectivity index (χ4v) is 3.16. The van der Waals surface area contributed by atoms with E-state index in [1.54, 1.807) is 0 Å². The van der Waals surface area contributed by atoms with Crippen LogP contribution in [0.1, 0.15) is 6.42 Å². The Labute approximate surface area is 71.3 Å². The van der Waals surface area contributed by atoms with Crippen molar-refractivity contribution in [1.29, 1.82) is 0 Å². The molecule has 0 amide bonds. The first kappa shape index (κ1) is 10.1. The van der Waals surface area contributed by atoms with E-state index in [1.165, 1.54) is 12.2 Å². The highest BCUT2D eigenvalue weighted by molar-refractivity contribution is 8.15. The van der Waals surface area contributed by atoms with Crippen LogP contribution in [0.25, 0.3) is 0 Å². The van der Waals surface area contributed by atoms with Crippen molar-refractivity contribution >= 4 is 40.5 Å². The van der Waals surface area contributed by atoms with Crippen molar-refractivity contribution in [3.63, 3.8) is 0 Å². The molecule has 0 rings (SSSR count). The molecule has 0 spiro atoms. The summed E-state index contributed by atoms with van der Waals surface area (Å²) in [4.78, 5) is 0. The first-order chi connectivity index (χ1) is 4.13. The summed E-state index contributed by atoms with van der Waals surface area (Å²) in [6.07, 6.45) is 5.81. The monoisotopic (exact) mass is 204 g/mol. The van der Waals surface area contributed by atoms with Gasteiger partial charge in [0.1, 0.15) is 0 Å². The zero-order valence-electron chi connectivity index (χ0n) is 5.90. The molecular formula is C5H14Cl2SSi. The van der Waals surface area contributed by atoms with E-state index in [9.17, 15) is 0 Å². The summed E-state index contributed by atoms with van der Waals surface area (Å²) < 4.78 is 0. The second-order valence-electron chi connectivity index (χ2n) is 2.34. The van der Waals surface area contributed by atoms with Crippen molar-refractivity contribution in [1.82, 2.24) is 0 Å². The van der Waals surface area contributed by atoms with E-state index in [0.29, 0.717) is 0 Å². The van der Waals surface area contributed by atoms with Gasteiger partial charge in [-0.05, 0) is 30.7 Å². The predicted octanol–water partition coefficient (Wildman–Crippen LogP) is 2.34. The van der Waals surface area contributed by atoms with Crippen LogP contribution in [0.15, 0.2) is 0 Å². The Morgan fingerprint density at radius 1 is 1.33 bits per heavy atom. The van der Waals surface area contributed by atoms with Gasteiger partial charge in [-0.1, -0.05) is 0 Å². The van der Waals surface area contributed by atoms with E-state index in [4.69, 9.17) is 22.2 Å². The van der Waals surface area contributed by atoms with Crippen LogP contribution in [0, 0.1) is 0 Å². The average Bonchev–Trinajstić information content (AvgIpc) is 1.63. The van der Waals surface area contributed by atoms with Gasteiger partial charge in [0.25, 0.3) is 0 Å². The molecule has 0 unspecified atom stereocenters. The highest BCUT2D eigenvalue weighted by atomic mass is 35.7. The van der Waals surface area contributed by atoms with Crippen LogP contribution in [0.5, 0.6) is 0 Å². The smallest absolute Gasteiger partial charge is 0.237 e. The van der Waals surface area contributed by atoms with E-state index >= 15 is 0 Å². The third-order valence-electron chi connectivity index (χ3n) is 1.03. The van der Waals surface area contributed by atoms with Gasteiger partial charge in [0, 0.05) is 0 Å². The maximum absolute atomic E-state index is 5.67. The minimum atomic E-state index is -1.27. The minimum absolute atomic E-state index is 0.274. The summed E-state index contributed by atoms with van der Waals surface area (Å²) in [6, 6.07) is 1.09. The van der Waals surface area contributed by atoms with E-state index in [0.717, 1.165) is 6.04 Å². The lowest BCUT2D eigenvalue weighted by Gasteiger charge is -2.07. The van der Waals surface area contributed by atoms with E-state index in [-0.39, 0.29) is 10.9 Å².